The third kappa shape index (κ3) is 5.10. The molecular formula is C25H30N6O2. The molecule has 2 aromatic heterocycles. The highest BCUT2D eigenvalue weighted by Crippen LogP contribution is 2.22. The number of aromatic nitrogens is 4. The lowest BCUT2D eigenvalue weighted by Gasteiger charge is -2.40. The number of hydrogen-bond donors (Lipinski definition) is 0. The molecule has 1 fully saturated rings. The molecule has 3 aromatic rings. The topological polar surface area (TPSA) is 84.2 Å². The van der Waals surface area contributed by atoms with Gasteiger partial charge in [0, 0.05) is 44.6 Å². The number of benzene rings is 1. The van der Waals surface area contributed by atoms with Crippen LogP contribution in [0, 0.1) is 0 Å². The summed E-state index contributed by atoms with van der Waals surface area (Å²) in [6.07, 6.45) is 5.82. The van der Waals surface area contributed by atoms with Crippen molar-refractivity contribution in [1.29, 1.82) is 0 Å². The van der Waals surface area contributed by atoms with Crippen LogP contribution in [0.4, 0.5) is 0 Å². The summed E-state index contributed by atoms with van der Waals surface area (Å²) in [4.78, 5) is 34.0. The maximum Gasteiger partial charge on any atom is 0.245 e. The van der Waals surface area contributed by atoms with Crippen LogP contribution in [0.1, 0.15) is 37.9 Å². The van der Waals surface area contributed by atoms with Crippen molar-refractivity contribution in [3.8, 4) is 11.1 Å². The summed E-state index contributed by atoms with van der Waals surface area (Å²) in [6, 6.07) is 11.6. The molecule has 0 radical (unpaired) electrons. The summed E-state index contributed by atoms with van der Waals surface area (Å²) in [5, 5.41) is 8.23. The van der Waals surface area contributed by atoms with E-state index in [1.807, 2.05) is 62.1 Å². The van der Waals surface area contributed by atoms with Crippen LogP contribution in [-0.2, 0) is 22.6 Å². The summed E-state index contributed by atoms with van der Waals surface area (Å²) in [5.41, 5.74) is 4.05. The Morgan fingerprint density at radius 3 is 2.39 bits per heavy atom. The molecule has 172 valence electrons. The van der Waals surface area contributed by atoms with Crippen molar-refractivity contribution in [1.82, 2.24) is 29.8 Å². The Balaban J connectivity index is 1.51. The van der Waals surface area contributed by atoms with Crippen LogP contribution in [0.25, 0.3) is 11.1 Å². The number of pyridine rings is 1. The molecule has 33 heavy (non-hydrogen) atoms. The van der Waals surface area contributed by atoms with E-state index in [1.54, 1.807) is 28.2 Å². The Morgan fingerprint density at radius 1 is 1.06 bits per heavy atom. The van der Waals surface area contributed by atoms with Gasteiger partial charge in [0.2, 0.25) is 11.8 Å². The number of nitrogens with zero attached hydrogens (tertiary/aromatic N) is 6. The summed E-state index contributed by atoms with van der Waals surface area (Å²) in [7, 11) is 0. The number of piperazine rings is 1. The van der Waals surface area contributed by atoms with Gasteiger partial charge in [-0.2, -0.15) is 0 Å². The number of carbonyl (C=O) groups is 2. The predicted molar refractivity (Wildman–Crippen MR) is 125 cm³/mol. The highest BCUT2D eigenvalue weighted by molar-refractivity contribution is 5.89. The normalized spacial score (nSPS) is 16.5. The van der Waals surface area contributed by atoms with Crippen LogP contribution in [0.2, 0.25) is 0 Å². The number of hydrogen-bond acceptors (Lipinski definition) is 5. The van der Waals surface area contributed by atoms with E-state index in [0.717, 1.165) is 22.4 Å². The first kappa shape index (κ1) is 22.6. The largest absolute Gasteiger partial charge is 0.339 e. The fraction of sp³-hybridized carbons (Fsp3) is 0.400. The molecule has 8 nitrogen and oxygen atoms in total. The molecule has 4 rings (SSSR count). The summed E-state index contributed by atoms with van der Waals surface area (Å²) in [6.45, 7) is 7.83. The maximum atomic E-state index is 13.2. The van der Waals surface area contributed by atoms with Gasteiger partial charge in [-0.25, -0.2) is 4.68 Å². The quantitative estimate of drug-likeness (QED) is 0.557. The molecule has 1 aliphatic heterocycles. The maximum absolute atomic E-state index is 13.2. The Bertz CT molecular complexity index is 1090. The first-order valence-corrected chi connectivity index (χ1v) is 11.4. The van der Waals surface area contributed by atoms with Crippen molar-refractivity contribution in [2.45, 2.75) is 45.7 Å². The van der Waals surface area contributed by atoms with Crippen molar-refractivity contribution >= 4 is 11.8 Å². The van der Waals surface area contributed by atoms with Crippen LogP contribution in [-0.4, -0.2) is 67.3 Å². The summed E-state index contributed by atoms with van der Waals surface area (Å²) < 4.78 is 1.56. The lowest BCUT2D eigenvalue weighted by Crippen LogP contribution is -2.59. The Labute approximate surface area is 194 Å². The number of carbonyl (C=O) groups excluding carboxylic acids is 2. The molecule has 0 spiro atoms. The Morgan fingerprint density at radius 2 is 1.76 bits per heavy atom. The van der Waals surface area contributed by atoms with E-state index in [-0.39, 0.29) is 24.3 Å². The van der Waals surface area contributed by atoms with Crippen molar-refractivity contribution in [2.75, 3.05) is 19.6 Å². The monoisotopic (exact) mass is 446 g/mol. The predicted octanol–water partition coefficient (Wildman–Crippen LogP) is 2.77. The molecule has 0 bridgehead atoms. The van der Waals surface area contributed by atoms with Gasteiger partial charge in [-0.05, 0) is 41.7 Å². The van der Waals surface area contributed by atoms with Crippen LogP contribution in [0.15, 0.2) is 55.0 Å². The van der Waals surface area contributed by atoms with Gasteiger partial charge in [0.05, 0.1) is 5.69 Å². The third-order valence-electron chi connectivity index (χ3n) is 6.13. The zero-order chi connectivity index (χ0) is 23.4. The van der Waals surface area contributed by atoms with Crippen molar-refractivity contribution in [2.24, 2.45) is 0 Å². The molecule has 3 heterocycles. The van der Waals surface area contributed by atoms with E-state index in [4.69, 9.17) is 0 Å². The minimum absolute atomic E-state index is 0.00299. The first-order chi connectivity index (χ1) is 16.0. The molecule has 0 unspecified atom stereocenters. The number of rotatable bonds is 7. The van der Waals surface area contributed by atoms with Gasteiger partial charge in [-0.15, -0.1) is 5.10 Å². The fourth-order valence-electron chi connectivity index (χ4n) is 4.13. The average Bonchev–Trinajstić information content (AvgIpc) is 3.30. The molecule has 1 aliphatic rings. The molecule has 2 amide bonds. The van der Waals surface area contributed by atoms with E-state index < -0.39 is 6.04 Å². The number of amides is 2. The average molecular weight is 447 g/mol. The van der Waals surface area contributed by atoms with Gasteiger partial charge in [0.1, 0.15) is 12.6 Å². The molecule has 0 N–H and O–H groups in total. The minimum Gasteiger partial charge on any atom is -0.339 e. The van der Waals surface area contributed by atoms with Crippen LogP contribution in [0.3, 0.4) is 0 Å². The highest BCUT2D eigenvalue weighted by atomic mass is 16.2. The second-order valence-corrected chi connectivity index (χ2v) is 8.65. The molecule has 1 atom stereocenters. The fourth-order valence-corrected chi connectivity index (χ4v) is 4.13. The smallest absolute Gasteiger partial charge is 0.245 e. The van der Waals surface area contributed by atoms with E-state index in [0.29, 0.717) is 26.1 Å². The lowest BCUT2D eigenvalue weighted by atomic mass is 9.98. The van der Waals surface area contributed by atoms with Gasteiger partial charge in [-0.3, -0.25) is 14.6 Å². The molecule has 8 heteroatoms. The zero-order valence-electron chi connectivity index (χ0n) is 19.4. The van der Waals surface area contributed by atoms with Crippen LogP contribution in [0.5, 0.6) is 0 Å². The SMILES string of the molecule is CCN1CCN(C(=O)Cn2cc(C(C)C)nn2)[C@H](Cc2ccc(-c3ccncc3)cc2)C1=O. The van der Waals surface area contributed by atoms with Crippen molar-refractivity contribution in [3.05, 3.63) is 66.2 Å². The van der Waals surface area contributed by atoms with E-state index in [9.17, 15) is 9.59 Å². The molecule has 0 aliphatic carbocycles. The standard InChI is InChI=1S/C25H30N6O2/c1-4-29-13-14-31(24(32)17-30-16-22(18(2)3)27-28-30)23(25(29)33)15-19-5-7-20(8-6-19)21-9-11-26-12-10-21/h5-12,16,18,23H,4,13-15,17H2,1-3H3/t23-/m1/s1. The second-order valence-electron chi connectivity index (χ2n) is 8.65. The van der Waals surface area contributed by atoms with Crippen molar-refractivity contribution < 1.29 is 9.59 Å². The summed E-state index contributed by atoms with van der Waals surface area (Å²) >= 11 is 0. The highest BCUT2D eigenvalue weighted by Gasteiger charge is 2.36. The van der Waals surface area contributed by atoms with E-state index in [1.165, 1.54) is 0 Å². The molecule has 1 aromatic carbocycles. The lowest BCUT2D eigenvalue weighted by molar-refractivity contribution is -0.151. The zero-order valence-corrected chi connectivity index (χ0v) is 19.4. The van der Waals surface area contributed by atoms with Gasteiger partial charge in [0.15, 0.2) is 0 Å². The van der Waals surface area contributed by atoms with Crippen molar-refractivity contribution in [3.63, 3.8) is 0 Å². The van der Waals surface area contributed by atoms with Crippen LogP contribution >= 0.6 is 0 Å². The minimum atomic E-state index is -0.522. The first-order valence-electron chi connectivity index (χ1n) is 11.4. The van der Waals surface area contributed by atoms with E-state index >= 15 is 0 Å². The molecule has 1 saturated heterocycles. The van der Waals surface area contributed by atoms with Gasteiger partial charge in [0.25, 0.3) is 0 Å². The molecular weight excluding hydrogens is 416 g/mol. The third-order valence-corrected chi connectivity index (χ3v) is 6.13. The van der Waals surface area contributed by atoms with Gasteiger partial charge < -0.3 is 9.80 Å². The number of likely N-dealkylation sites (N-methyl/N-ethyl adjacent to an activating group) is 1. The van der Waals surface area contributed by atoms with Crippen LogP contribution < -0.4 is 0 Å². The summed E-state index contributed by atoms with van der Waals surface area (Å²) in [5.74, 6) is 0.126. The Kier molecular flexibility index (Phi) is 6.82. The Hall–Kier alpha value is -3.55. The van der Waals surface area contributed by atoms with Gasteiger partial charge in [-0.1, -0.05) is 43.3 Å². The van der Waals surface area contributed by atoms with Gasteiger partial charge >= 0.3 is 0 Å². The second kappa shape index (κ2) is 9.94. The molecule has 0 saturated carbocycles. The van der Waals surface area contributed by atoms with E-state index in [2.05, 4.69) is 15.3 Å².